The Morgan fingerprint density at radius 1 is 1.14 bits per heavy atom. The van der Waals surface area contributed by atoms with Crippen LogP contribution in [0.2, 0.25) is 0 Å². The maximum atomic E-state index is 11.9. The van der Waals surface area contributed by atoms with E-state index < -0.39 is 0 Å². The molecule has 0 atom stereocenters. The Labute approximate surface area is 124 Å². The molecule has 2 aromatic carbocycles. The van der Waals surface area contributed by atoms with Gasteiger partial charge < -0.3 is 9.73 Å². The molecule has 0 spiro atoms. The Balaban J connectivity index is 1.62. The Bertz CT molecular complexity index is 959. The van der Waals surface area contributed by atoms with Crippen LogP contribution in [0.3, 0.4) is 0 Å². The van der Waals surface area contributed by atoms with Gasteiger partial charge in [-0.15, -0.1) is 5.10 Å². The molecular weight excluding hydrogens is 282 g/mol. The molecule has 0 aliphatic carbocycles. The molecule has 4 aromatic rings. The second-order valence-corrected chi connectivity index (χ2v) is 4.86. The van der Waals surface area contributed by atoms with Crippen LogP contribution in [0.4, 0.5) is 5.69 Å². The van der Waals surface area contributed by atoms with Gasteiger partial charge in [-0.2, -0.15) is 0 Å². The highest BCUT2D eigenvalue weighted by Crippen LogP contribution is 2.30. The molecule has 7 heteroatoms. The van der Waals surface area contributed by atoms with Crippen LogP contribution in [0.5, 0.6) is 0 Å². The maximum absolute atomic E-state index is 11.9. The molecule has 0 aliphatic rings. The van der Waals surface area contributed by atoms with Gasteiger partial charge in [-0.1, -0.05) is 18.2 Å². The van der Waals surface area contributed by atoms with Crippen LogP contribution in [0.25, 0.3) is 21.9 Å². The van der Waals surface area contributed by atoms with Crippen LogP contribution in [-0.4, -0.2) is 26.1 Å². The zero-order valence-electron chi connectivity index (χ0n) is 11.4. The van der Waals surface area contributed by atoms with E-state index in [0.29, 0.717) is 5.69 Å². The number of carbonyl (C=O) groups excluding carboxylic acids is 1. The fraction of sp³-hybridized carbons (Fsp3) is 0.0667. The summed E-state index contributed by atoms with van der Waals surface area (Å²) in [6, 6.07) is 13.4. The Kier molecular flexibility index (Phi) is 2.82. The summed E-state index contributed by atoms with van der Waals surface area (Å²) < 4.78 is 7.15. The van der Waals surface area contributed by atoms with Gasteiger partial charge in [-0.05, 0) is 28.6 Å². The summed E-state index contributed by atoms with van der Waals surface area (Å²) in [5.41, 5.74) is 2.24. The summed E-state index contributed by atoms with van der Waals surface area (Å²) in [5.74, 6) is -0.206. The first-order valence-corrected chi connectivity index (χ1v) is 6.71. The van der Waals surface area contributed by atoms with E-state index >= 15 is 0 Å². The Morgan fingerprint density at radius 2 is 2.00 bits per heavy atom. The van der Waals surface area contributed by atoms with E-state index in [0.717, 1.165) is 21.9 Å². The summed E-state index contributed by atoms with van der Waals surface area (Å²) >= 11 is 0. The third-order valence-corrected chi connectivity index (χ3v) is 3.36. The van der Waals surface area contributed by atoms with Crippen molar-refractivity contribution in [1.29, 1.82) is 0 Å². The highest BCUT2D eigenvalue weighted by molar-refractivity contribution is 6.06. The largest absolute Gasteiger partial charge is 0.456 e. The van der Waals surface area contributed by atoms with Crippen molar-refractivity contribution in [2.45, 2.75) is 6.54 Å². The minimum atomic E-state index is -0.206. The normalized spacial score (nSPS) is 11.1. The number of aromatic nitrogens is 4. The van der Waals surface area contributed by atoms with Gasteiger partial charge >= 0.3 is 0 Å². The van der Waals surface area contributed by atoms with Crippen molar-refractivity contribution in [3.8, 4) is 0 Å². The van der Waals surface area contributed by atoms with E-state index in [-0.39, 0.29) is 12.5 Å². The van der Waals surface area contributed by atoms with E-state index in [4.69, 9.17) is 4.42 Å². The number of fused-ring (bicyclic) bond motifs is 3. The zero-order valence-corrected chi connectivity index (χ0v) is 11.4. The second-order valence-electron chi connectivity index (χ2n) is 4.86. The Morgan fingerprint density at radius 3 is 2.86 bits per heavy atom. The van der Waals surface area contributed by atoms with Crippen molar-refractivity contribution in [3.05, 3.63) is 48.8 Å². The average molecular weight is 293 g/mol. The third-order valence-electron chi connectivity index (χ3n) is 3.36. The van der Waals surface area contributed by atoms with E-state index in [1.165, 1.54) is 11.0 Å². The molecule has 0 radical (unpaired) electrons. The number of nitrogens with one attached hydrogen (secondary N) is 1. The number of carbonyl (C=O) groups is 1. The van der Waals surface area contributed by atoms with Crippen LogP contribution in [0, 0.1) is 0 Å². The van der Waals surface area contributed by atoms with Gasteiger partial charge in [0, 0.05) is 22.5 Å². The second kappa shape index (κ2) is 4.96. The molecule has 2 aromatic heterocycles. The van der Waals surface area contributed by atoms with Gasteiger partial charge in [0.1, 0.15) is 24.0 Å². The summed E-state index contributed by atoms with van der Waals surface area (Å²) in [5, 5.41) is 15.5. The fourth-order valence-corrected chi connectivity index (χ4v) is 2.40. The first-order valence-electron chi connectivity index (χ1n) is 6.71. The standard InChI is InChI=1S/C15H11N5O2/c21-15(8-20-9-16-18-19-20)17-10-5-6-12-11-3-1-2-4-13(11)22-14(12)7-10/h1-7,9H,8H2,(H,17,21). The van der Waals surface area contributed by atoms with Crippen molar-refractivity contribution in [1.82, 2.24) is 20.2 Å². The zero-order chi connectivity index (χ0) is 14.9. The van der Waals surface area contributed by atoms with Crippen molar-refractivity contribution < 1.29 is 9.21 Å². The smallest absolute Gasteiger partial charge is 0.246 e. The molecule has 0 unspecified atom stereocenters. The number of amides is 1. The molecule has 1 N–H and O–H groups in total. The van der Waals surface area contributed by atoms with Crippen LogP contribution in [-0.2, 0) is 11.3 Å². The Hall–Kier alpha value is -3.22. The van der Waals surface area contributed by atoms with Crippen molar-refractivity contribution >= 4 is 33.5 Å². The minimum Gasteiger partial charge on any atom is -0.456 e. The number of hydrogen-bond donors (Lipinski definition) is 1. The highest BCUT2D eigenvalue weighted by atomic mass is 16.3. The summed E-state index contributed by atoms with van der Waals surface area (Å²) in [6.45, 7) is 0.0607. The molecule has 1 amide bonds. The quantitative estimate of drug-likeness (QED) is 0.626. The van der Waals surface area contributed by atoms with E-state index in [1.807, 2.05) is 42.5 Å². The number of para-hydroxylation sites is 1. The van der Waals surface area contributed by atoms with Gasteiger partial charge in [0.05, 0.1) is 0 Å². The first-order chi connectivity index (χ1) is 10.8. The van der Waals surface area contributed by atoms with Crippen LogP contribution >= 0.6 is 0 Å². The van der Waals surface area contributed by atoms with Gasteiger partial charge in [-0.25, -0.2) is 4.68 Å². The molecule has 108 valence electrons. The monoisotopic (exact) mass is 293 g/mol. The molecular formula is C15H11N5O2. The predicted octanol–water partition coefficient (Wildman–Crippen LogP) is 2.21. The van der Waals surface area contributed by atoms with Gasteiger partial charge in [-0.3, -0.25) is 4.79 Å². The van der Waals surface area contributed by atoms with E-state index in [1.54, 1.807) is 0 Å². The lowest BCUT2D eigenvalue weighted by atomic mass is 10.1. The first kappa shape index (κ1) is 12.5. The number of hydrogen-bond acceptors (Lipinski definition) is 5. The van der Waals surface area contributed by atoms with Crippen molar-refractivity contribution in [3.63, 3.8) is 0 Å². The van der Waals surface area contributed by atoms with Gasteiger partial charge in [0.15, 0.2) is 0 Å². The van der Waals surface area contributed by atoms with Gasteiger partial charge in [0.2, 0.25) is 5.91 Å². The number of furan rings is 1. The molecule has 4 rings (SSSR count). The van der Waals surface area contributed by atoms with E-state index in [9.17, 15) is 4.79 Å². The lowest BCUT2D eigenvalue weighted by Crippen LogP contribution is -2.19. The fourth-order valence-electron chi connectivity index (χ4n) is 2.40. The maximum Gasteiger partial charge on any atom is 0.246 e. The molecule has 7 nitrogen and oxygen atoms in total. The molecule has 0 fully saturated rings. The van der Waals surface area contributed by atoms with Crippen molar-refractivity contribution in [2.24, 2.45) is 0 Å². The summed E-state index contributed by atoms with van der Waals surface area (Å²) in [7, 11) is 0. The predicted molar refractivity (Wildman–Crippen MR) is 80.2 cm³/mol. The van der Waals surface area contributed by atoms with E-state index in [2.05, 4.69) is 20.8 Å². The van der Waals surface area contributed by atoms with Crippen LogP contribution in [0.1, 0.15) is 0 Å². The molecule has 0 aliphatic heterocycles. The lowest BCUT2D eigenvalue weighted by Gasteiger charge is -2.04. The molecule has 0 saturated carbocycles. The molecule has 22 heavy (non-hydrogen) atoms. The van der Waals surface area contributed by atoms with Gasteiger partial charge in [0.25, 0.3) is 0 Å². The number of benzene rings is 2. The molecule has 0 saturated heterocycles. The molecule has 0 bridgehead atoms. The topological polar surface area (TPSA) is 85.8 Å². The SMILES string of the molecule is O=C(Cn1cnnn1)Nc1ccc2c(c1)oc1ccccc12. The van der Waals surface area contributed by atoms with Crippen LogP contribution < -0.4 is 5.32 Å². The lowest BCUT2D eigenvalue weighted by molar-refractivity contribution is -0.116. The van der Waals surface area contributed by atoms with Crippen molar-refractivity contribution in [2.75, 3.05) is 5.32 Å². The van der Waals surface area contributed by atoms with Crippen LogP contribution in [0.15, 0.2) is 53.2 Å². The third kappa shape index (κ3) is 2.18. The average Bonchev–Trinajstić information content (AvgIpc) is 3.13. The number of anilines is 1. The number of nitrogens with zero attached hydrogens (tertiary/aromatic N) is 4. The highest BCUT2D eigenvalue weighted by Gasteiger charge is 2.09. The summed E-state index contributed by atoms with van der Waals surface area (Å²) in [6.07, 6.45) is 1.39. The number of tetrazole rings is 1. The minimum absolute atomic E-state index is 0.0607. The number of rotatable bonds is 3. The molecule has 2 heterocycles. The summed E-state index contributed by atoms with van der Waals surface area (Å²) in [4.78, 5) is 11.9.